The van der Waals surface area contributed by atoms with Crippen molar-refractivity contribution < 1.29 is 17.5 Å². The smallest absolute Gasteiger partial charge is 0.339 e. The fourth-order valence-corrected chi connectivity index (χ4v) is 3.34. The SMILES string of the molecule is Cc1c([N+](=O)[O-])cccc1S(=O)(=O)Oc1cccc(C(C)C)c1. The summed E-state index contributed by atoms with van der Waals surface area (Å²) in [5.74, 6) is 0.405. The van der Waals surface area contributed by atoms with Crippen LogP contribution in [0, 0.1) is 17.0 Å². The maximum atomic E-state index is 12.4. The monoisotopic (exact) mass is 335 g/mol. The summed E-state index contributed by atoms with van der Waals surface area (Å²) in [6.45, 7) is 5.36. The molecule has 0 radical (unpaired) electrons. The van der Waals surface area contributed by atoms with E-state index in [2.05, 4.69) is 0 Å². The van der Waals surface area contributed by atoms with Crippen LogP contribution in [0.4, 0.5) is 5.69 Å². The number of hydrogen-bond donors (Lipinski definition) is 0. The molecule has 0 unspecified atom stereocenters. The molecule has 0 saturated carbocycles. The van der Waals surface area contributed by atoms with Crippen LogP contribution in [0.5, 0.6) is 5.75 Å². The van der Waals surface area contributed by atoms with Gasteiger partial charge >= 0.3 is 10.1 Å². The van der Waals surface area contributed by atoms with Crippen molar-refractivity contribution in [3.05, 3.63) is 63.7 Å². The Balaban J connectivity index is 2.42. The molecular formula is C16H17NO5S. The number of hydrogen-bond acceptors (Lipinski definition) is 5. The third-order valence-electron chi connectivity index (χ3n) is 3.45. The van der Waals surface area contributed by atoms with Crippen molar-refractivity contribution in [1.29, 1.82) is 0 Å². The molecule has 23 heavy (non-hydrogen) atoms. The first-order valence-electron chi connectivity index (χ1n) is 7.01. The fourth-order valence-electron chi connectivity index (χ4n) is 2.17. The minimum absolute atomic E-state index is 0.0533. The Hall–Kier alpha value is -2.41. The summed E-state index contributed by atoms with van der Waals surface area (Å²) in [5, 5.41) is 10.9. The van der Waals surface area contributed by atoms with Gasteiger partial charge in [-0.1, -0.05) is 32.0 Å². The van der Waals surface area contributed by atoms with Gasteiger partial charge < -0.3 is 4.18 Å². The molecule has 0 N–H and O–H groups in total. The van der Waals surface area contributed by atoms with E-state index in [9.17, 15) is 18.5 Å². The van der Waals surface area contributed by atoms with Gasteiger partial charge in [0.05, 0.1) is 4.92 Å². The van der Waals surface area contributed by atoms with Gasteiger partial charge in [0.2, 0.25) is 0 Å². The number of nitrogens with zero attached hydrogens (tertiary/aromatic N) is 1. The maximum absolute atomic E-state index is 12.4. The van der Waals surface area contributed by atoms with Crippen LogP contribution in [0.3, 0.4) is 0 Å². The van der Waals surface area contributed by atoms with Crippen LogP contribution in [0.15, 0.2) is 47.4 Å². The van der Waals surface area contributed by atoms with E-state index in [1.807, 2.05) is 19.9 Å². The maximum Gasteiger partial charge on any atom is 0.339 e. The molecule has 0 aliphatic carbocycles. The zero-order valence-electron chi connectivity index (χ0n) is 13.0. The third-order valence-corrected chi connectivity index (χ3v) is 4.85. The molecule has 2 rings (SSSR count). The van der Waals surface area contributed by atoms with E-state index in [0.29, 0.717) is 0 Å². The topological polar surface area (TPSA) is 86.5 Å². The lowest BCUT2D eigenvalue weighted by atomic mass is 10.0. The van der Waals surface area contributed by atoms with Crippen molar-refractivity contribution in [3.8, 4) is 5.75 Å². The molecule has 0 saturated heterocycles. The average molecular weight is 335 g/mol. The van der Waals surface area contributed by atoms with Gasteiger partial charge in [0.1, 0.15) is 10.6 Å². The highest BCUT2D eigenvalue weighted by molar-refractivity contribution is 7.87. The molecule has 0 aliphatic rings. The standard InChI is InChI=1S/C16H17NO5S/c1-11(2)13-6-4-7-14(10-13)22-23(20,21)16-9-5-8-15(12(16)3)17(18)19/h4-11H,1-3H3. The van der Waals surface area contributed by atoms with Crippen molar-refractivity contribution in [2.24, 2.45) is 0 Å². The van der Waals surface area contributed by atoms with Gasteiger partial charge in [-0.15, -0.1) is 0 Å². The van der Waals surface area contributed by atoms with E-state index >= 15 is 0 Å². The average Bonchev–Trinajstić information content (AvgIpc) is 2.46. The summed E-state index contributed by atoms with van der Waals surface area (Å²) in [6.07, 6.45) is 0. The molecule has 122 valence electrons. The highest BCUT2D eigenvalue weighted by atomic mass is 32.2. The largest absolute Gasteiger partial charge is 0.379 e. The quantitative estimate of drug-likeness (QED) is 0.471. The second-order valence-electron chi connectivity index (χ2n) is 5.42. The molecule has 0 atom stereocenters. The lowest BCUT2D eigenvalue weighted by Crippen LogP contribution is -2.12. The van der Waals surface area contributed by atoms with Gasteiger partial charge in [0, 0.05) is 11.6 Å². The summed E-state index contributed by atoms with van der Waals surface area (Å²) in [6, 6.07) is 10.7. The Bertz CT molecular complexity index is 843. The van der Waals surface area contributed by atoms with E-state index in [1.54, 1.807) is 12.1 Å². The Morgan fingerprint density at radius 2 is 1.78 bits per heavy atom. The molecule has 0 heterocycles. The molecule has 0 bridgehead atoms. The predicted molar refractivity (Wildman–Crippen MR) is 86.2 cm³/mol. The van der Waals surface area contributed by atoms with Crippen LogP contribution in [-0.2, 0) is 10.1 Å². The Morgan fingerprint density at radius 1 is 1.13 bits per heavy atom. The van der Waals surface area contributed by atoms with Crippen molar-refractivity contribution >= 4 is 15.8 Å². The summed E-state index contributed by atoms with van der Waals surface area (Å²) >= 11 is 0. The van der Waals surface area contributed by atoms with E-state index in [0.717, 1.165) is 5.56 Å². The molecular weight excluding hydrogens is 318 g/mol. The Labute approximate surface area is 135 Å². The van der Waals surface area contributed by atoms with Crippen LogP contribution < -0.4 is 4.18 Å². The zero-order valence-corrected chi connectivity index (χ0v) is 13.8. The van der Waals surface area contributed by atoms with Crippen molar-refractivity contribution in [2.75, 3.05) is 0 Å². The van der Waals surface area contributed by atoms with Gasteiger partial charge in [0.15, 0.2) is 0 Å². The summed E-state index contributed by atoms with van der Waals surface area (Å²) in [7, 11) is -4.15. The number of benzene rings is 2. The minimum atomic E-state index is -4.15. The van der Waals surface area contributed by atoms with E-state index < -0.39 is 15.0 Å². The fraction of sp³-hybridized carbons (Fsp3) is 0.250. The van der Waals surface area contributed by atoms with Crippen molar-refractivity contribution in [3.63, 3.8) is 0 Å². The number of nitro benzene ring substituents is 1. The highest BCUT2D eigenvalue weighted by Gasteiger charge is 2.24. The van der Waals surface area contributed by atoms with E-state index in [-0.39, 0.29) is 27.8 Å². The number of nitro groups is 1. The van der Waals surface area contributed by atoms with E-state index in [4.69, 9.17) is 4.18 Å². The normalized spacial score (nSPS) is 11.5. The van der Waals surface area contributed by atoms with Crippen LogP contribution in [0.25, 0.3) is 0 Å². The molecule has 7 heteroatoms. The summed E-state index contributed by atoms with van der Waals surface area (Å²) in [5.41, 5.74) is 0.733. The molecule has 2 aromatic rings. The molecule has 6 nitrogen and oxygen atoms in total. The first-order chi connectivity index (χ1) is 10.7. The molecule has 2 aromatic carbocycles. The van der Waals surface area contributed by atoms with Crippen LogP contribution >= 0.6 is 0 Å². The van der Waals surface area contributed by atoms with E-state index in [1.165, 1.54) is 31.2 Å². The zero-order chi connectivity index (χ0) is 17.2. The van der Waals surface area contributed by atoms with Crippen molar-refractivity contribution in [1.82, 2.24) is 0 Å². The van der Waals surface area contributed by atoms with Gasteiger partial charge in [0.25, 0.3) is 5.69 Å². The molecule has 0 aliphatic heterocycles. The Morgan fingerprint density at radius 3 is 2.39 bits per heavy atom. The third kappa shape index (κ3) is 3.68. The predicted octanol–water partition coefficient (Wildman–Crippen LogP) is 3.79. The van der Waals surface area contributed by atoms with Crippen LogP contribution in [0.2, 0.25) is 0 Å². The highest BCUT2D eigenvalue weighted by Crippen LogP contribution is 2.28. The summed E-state index contributed by atoms with van der Waals surface area (Å²) < 4.78 is 30.0. The van der Waals surface area contributed by atoms with Gasteiger partial charge in [-0.2, -0.15) is 8.42 Å². The lowest BCUT2D eigenvalue weighted by Gasteiger charge is -2.11. The second kappa shape index (κ2) is 6.37. The first-order valence-corrected chi connectivity index (χ1v) is 8.41. The second-order valence-corrected chi connectivity index (χ2v) is 6.94. The van der Waals surface area contributed by atoms with Gasteiger partial charge in [-0.25, -0.2) is 0 Å². The van der Waals surface area contributed by atoms with Crippen LogP contribution in [0.1, 0.15) is 30.9 Å². The summed E-state index contributed by atoms with van der Waals surface area (Å²) in [4.78, 5) is 10.1. The Kier molecular flexibility index (Phi) is 4.70. The lowest BCUT2D eigenvalue weighted by molar-refractivity contribution is -0.385. The van der Waals surface area contributed by atoms with Crippen molar-refractivity contribution in [2.45, 2.75) is 31.6 Å². The molecule has 0 fully saturated rings. The number of rotatable bonds is 5. The molecule has 0 aromatic heterocycles. The first kappa shape index (κ1) is 17.0. The van der Waals surface area contributed by atoms with Crippen LogP contribution in [-0.4, -0.2) is 13.3 Å². The molecule has 0 amide bonds. The minimum Gasteiger partial charge on any atom is -0.379 e. The van der Waals surface area contributed by atoms with Gasteiger partial charge in [-0.05, 0) is 36.6 Å². The van der Waals surface area contributed by atoms with Gasteiger partial charge in [-0.3, -0.25) is 10.1 Å². The molecule has 0 spiro atoms.